The molecule has 2 aromatic carbocycles. The SMILES string of the molecule is CC(C)C(=O)NC(=S)Nc1ccc(-c2nc3cc(Cl)ccc3o2)cc1. The fraction of sp³-hybridized carbons (Fsp3) is 0.167. The number of nitrogens with one attached hydrogen (secondary N) is 2. The van der Waals surface area contributed by atoms with E-state index in [9.17, 15) is 4.79 Å². The Morgan fingerprint density at radius 1 is 1.20 bits per heavy atom. The number of carbonyl (C=O) groups is 1. The molecule has 3 rings (SSSR count). The third-order valence-corrected chi connectivity index (χ3v) is 3.94. The Bertz CT molecular complexity index is 935. The van der Waals surface area contributed by atoms with E-state index in [2.05, 4.69) is 15.6 Å². The second-order valence-electron chi connectivity index (χ2n) is 5.81. The first kappa shape index (κ1) is 17.4. The highest BCUT2D eigenvalue weighted by Gasteiger charge is 2.10. The molecule has 3 aromatic rings. The van der Waals surface area contributed by atoms with Gasteiger partial charge in [0.1, 0.15) is 5.52 Å². The third kappa shape index (κ3) is 4.15. The number of hydrogen-bond donors (Lipinski definition) is 2. The quantitative estimate of drug-likeness (QED) is 0.656. The number of halogens is 1. The summed E-state index contributed by atoms with van der Waals surface area (Å²) in [5.74, 6) is 0.258. The zero-order chi connectivity index (χ0) is 18.0. The highest BCUT2D eigenvalue weighted by molar-refractivity contribution is 7.80. The molecule has 0 aliphatic rings. The number of anilines is 1. The van der Waals surface area contributed by atoms with Gasteiger partial charge in [0.05, 0.1) is 0 Å². The number of oxazole rings is 1. The van der Waals surface area contributed by atoms with Crippen molar-refractivity contribution in [3.63, 3.8) is 0 Å². The molecular weight excluding hydrogens is 358 g/mol. The van der Waals surface area contributed by atoms with Crippen molar-refractivity contribution in [2.24, 2.45) is 5.92 Å². The van der Waals surface area contributed by atoms with Gasteiger partial charge in [-0.15, -0.1) is 0 Å². The number of nitrogens with zero attached hydrogens (tertiary/aromatic N) is 1. The summed E-state index contributed by atoms with van der Waals surface area (Å²) >= 11 is 11.1. The van der Waals surface area contributed by atoms with Gasteiger partial charge in [-0.05, 0) is 54.7 Å². The van der Waals surface area contributed by atoms with Gasteiger partial charge in [0.15, 0.2) is 10.7 Å². The first-order valence-corrected chi connectivity index (χ1v) is 8.49. The number of aromatic nitrogens is 1. The largest absolute Gasteiger partial charge is 0.436 e. The van der Waals surface area contributed by atoms with Gasteiger partial charge in [-0.2, -0.15) is 0 Å². The summed E-state index contributed by atoms with van der Waals surface area (Å²) in [5.41, 5.74) is 2.98. The minimum absolute atomic E-state index is 0.126. The van der Waals surface area contributed by atoms with E-state index in [4.69, 9.17) is 28.2 Å². The lowest BCUT2D eigenvalue weighted by Gasteiger charge is -2.11. The first-order chi connectivity index (χ1) is 11.9. The Morgan fingerprint density at radius 2 is 1.92 bits per heavy atom. The van der Waals surface area contributed by atoms with E-state index in [1.165, 1.54) is 0 Å². The van der Waals surface area contributed by atoms with Gasteiger partial charge in [0.25, 0.3) is 0 Å². The molecule has 2 N–H and O–H groups in total. The van der Waals surface area contributed by atoms with Gasteiger partial charge in [-0.25, -0.2) is 4.98 Å². The van der Waals surface area contributed by atoms with Crippen LogP contribution < -0.4 is 10.6 Å². The average molecular weight is 374 g/mol. The summed E-state index contributed by atoms with van der Waals surface area (Å²) in [7, 11) is 0. The Morgan fingerprint density at radius 3 is 2.60 bits per heavy atom. The van der Waals surface area contributed by atoms with Crippen LogP contribution in [0, 0.1) is 5.92 Å². The van der Waals surface area contributed by atoms with Crippen LogP contribution in [0.4, 0.5) is 5.69 Å². The van der Waals surface area contributed by atoms with Crippen molar-refractivity contribution in [2.45, 2.75) is 13.8 Å². The number of rotatable bonds is 3. The van der Waals surface area contributed by atoms with Crippen LogP contribution in [0.1, 0.15) is 13.8 Å². The van der Waals surface area contributed by atoms with Gasteiger partial charge in [-0.1, -0.05) is 25.4 Å². The molecular formula is C18H16ClN3O2S. The van der Waals surface area contributed by atoms with E-state index in [0.717, 1.165) is 11.3 Å². The molecule has 5 nitrogen and oxygen atoms in total. The van der Waals surface area contributed by atoms with Crippen molar-refractivity contribution >= 4 is 51.6 Å². The molecule has 0 atom stereocenters. The molecule has 1 amide bonds. The predicted octanol–water partition coefficient (Wildman–Crippen LogP) is 4.62. The molecule has 0 radical (unpaired) electrons. The van der Waals surface area contributed by atoms with Crippen molar-refractivity contribution in [3.8, 4) is 11.5 Å². The van der Waals surface area contributed by atoms with Gasteiger partial charge < -0.3 is 15.1 Å². The topological polar surface area (TPSA) is 67.2 Å². The van der Waals surface area contributed by atoms with E-state index in [1.807, 2.05) is 24.3 Å². The maximum atomic E-state index is 11.6. The molecule has 0 saturated heterocycles. The highest BCUT2D eigenvalue weighted by Crippen LogP contribution is 2.27. The number of carbonyl (C=O) groups excluding carboxylic acids is 1. The molecule has 0 aliphatic carbocycles. The van der Waals surface area contributed by atoms with Crippen LogP contribution in [0.3, 0.4) is 0 Å². The monoisotopic (exact) mass is 373 g/mol. The van der Waals surface area contributed by atoms with Crippen LogP contribution in [0.15, 0.2) is 46.9 Å². The molecule has 1 heterocycles. The van der Waals surface area contributed by atoms with Gasteiger partial charge >= 0.3 is 0 Å². The second-order valence-corrected chi connectivity index (χ2v) is 6.65. The smallest absolute Gasteiger partial charge is 0.228 e. The molecule has 7 heteroatoms. The van der Waals surface area contributed by atoms with Crippen molar-refractivity contribution < 1.29 is 9.21 Å². The van der Waals surface area contributed by atoms with Crippen LogP contribution in [0.5, 0.6) is 0 Å². The second kappa shape index (κ2) is 7.21. The van der Waals surface area contributed by atoms with Crippen molar-refractivity contribution in [1.82, 2.24) is 10.3 Å². The zero-order valence-electron chi connectivity index (χ0n) is 13.7. The minimum Gasteiger partial charge on any atom is -0.436 e. The van der Waals surface area contributed by atoms with Gasteiger partial charge in [0, 0.05) is 22.2 Å². The van der Waals surface area contributed by atoms with E-state index < -0.39 is 0 Å². The standard InChI is InChI=1S/C18H16ClN3O2S/c1-10(2)16(23)22-18(25)20-13-6-3-11(4-7-13)17-21-14-9-12(19)5-8-15(14)24-17/h3-10H,1-2H3,(H2,20,22,23,25). The normalized spacial score (nSPS) is 10.9. The summed E-state index contributed by atoms with van der Waals surface area (Å²) < 4.78 is 5.74. The molecule has 0 bridgehead atoms. The number of hydrogen-bond acceptors (Lipinski definition) is 4. The van der Waals surface area contributed by atoms with Gasteiger partial charge in [-0.3, -0.25) is 4.79 Å². The molecule has 1 aromatic heterocycles. The molecule has 0 aliphatic heterocycles. The highest BCUT2D eigenvalue weighted by atomic mass is 35.5. The van der Waals surface area contributed by atoms with Crippen molar-refractivity contribution in [3.05, 3.63) is 47.5 Å². The molecule has 0 saturated carbocycles. The van der Waals surface area contributed by atoms with Crippen LogP contribution in [-0.2, 0) is 4.79 Å². The van der Waals surface area contributed by atoms with Gasteiger partial charge in [0.2, 0.25) is 11.8 Å². The van der Waals surface area contributed by atoms with Crippen LogP contribution in [-0.4, -0.2) is 16.0 Å². The first-order valence-electron chi connectivity index (χ1n) is 7.71. The lowest BCUT2D eigenvalue weighted by atomic mass is 10.2. The fourth-order valence-electron chi connectivity index (χ4n) is 2.14. The summed E-state index contributed by atoms with van der Waals surface area (Å²) in [6, 6.07) is 12.7. The molecule has 128 valence electrons. The van der Waals surface area contributed by atoms with Crippen LogP contribution >= 0.6 is 23.8 Å². The molecule has 0 spiro atoms. The van der Waals surface area contributed by atoms with Crippen LogP contribution in [0.25, 0.3) is 22.6 Å². The van der Waals surface area contributed by atoms with Crippen molar-refractivity contribution in [1.29, 1.82) is 0 Å². The number of benzene rings is 2. The fourth-order valence-corrected chi connectivity index (χ4v) is 2.52. The number of thiocarbonyl (C=S) groups is 1. The van der Waals surface area contributed by atoms with Crippen LogP contribution in [0.2, 0.25) is 5.02 Å². The third-order valence-electron chi connectivity index (χ3n) is 3.50. The number of amides is 1. The zero-order valence-corrected chi connectivity index (χ0v) is 15.2. The average Bonchev–Trinajstić information content (AvgIpc) is 2.98. The van der Waals surface area contributed by atoms with E-state index >= 15 is 0 Å². The summed E-state index contributed by atoms with van der Waals surface area (Å²) in [4.78, 5) is 16.1. The maximum Gasteiger partial charge on any atom is 0.228 e. The van der Waals surface area contributed by atoms with Crippen molar-refractivity contribution in [2.75, 3.05) is 5.32 Å². The van der Waals surface area contributed by atoms with E-state index in [-0.39, 0.29) is 16.9 Å². The molecule has 25 heavy (non-hydrogen) atoms. The summed E-state index contributed by atoms with van der Waals surface area (Å²) in [5, 5.41) is 6.49. The van der Waals surface area contributed by atoms with E-state index in [1.54, 1.807) is 32.0 Å². The lowest BCUT2D eigenvalue weighted by molar-refractivity contribution is -0.122. The Kier molecular flexibility index (Phi) is 5.01. The number of fused-ring (bicyclic) bond motifs is 1. The maximum absolute atomic E-state index is 11.6. The molecule has 0 fully saturated rings. The predicted molar refractivity (Wildman–Crippen MR) is 104 cm³/mol. The Hall–Kier alpha value is -2.44. The Labute approximate surface area is 155 Å². The Balaban J connectivity index is 1.73. The lowest BCUT2D eigenvalue weighted by Crippen LogP contribution is -2.36. The minimum atomic E-state index is -0.130. The summed E-state index contributed by atoms with van der Waals surface area (Å²) in [6.07, 6.45) is 0. The molecule has 0 unspecified atom stereocenters. The van der Waals surface area contributed by atoms with E-state index in [0.29, 0.717) is 22.0 Å². The summed E-state index contributed by atoms with van der Waals surface area (Å²) in [6.45, 7) is 3.61.